The lowest BCUT2D eigenvalue weighted by Gasteiger charge is -2.20. The number of carbonyl (C=O) groups excluding carboxylic acids is 1. The average Bonchev–Trinajstić information content (AvgIpc) is 2.80. The zero-order valence-corrected chi connectivity index (χ0v) is 20.4. The number of nitrogens with one attached hydrogen (secondary N) is 2. The molecule has 2 N–H and O–H groups in total. The molecule has 3 rings (SSSR count). The maximum Gasteiger partial charge on any atom is 0.416 e. The molecular weight excluding hydrogens is 528 g/mol. The van der Waals surface area contributed by atoms with Crippen LogP contribution in [0.25, 0.3) is 0 Å². The maximum atomic E-state index is 13.2. The molecule has 3 aromatic rings. The smallest absolute Gasteiger partial charge is 0.416 e. The Bertz CT molecular complexity index is 1320. The summed E-state index contributed by atoms with van der Waals surface area (Å²) >= 11 is 11.9. The molecule has 1 atom stereocenters. The Balaban J connectivity index is 1.96. The van der Waals surface area contributed by atoms with Gasteiger partial charge in [-0.3, -0.25) is 4.79 Å². The van der Waals surface area contributed by atoms with Crippen LogP contribution in [0.15, 0.2) is 71.6 Å². The highest BCUT2D eigenvalue weighted by atomic mass is 35.5. The molecule has 12 heteroatoms. The van der Waals surface area contributed by atoms with Crippen molar-refractivity contribution in [2.45, 2.75) is 23.5 Å². The molecule has 186 valence electrons. The van der Waals surface area contributed by atoms with Gasteiger partial charge in [-0.05, 0) is 48.4 Å². The monoisotopic (exact) mass is 546 g/mol. The van der Waals surface area contributed by atoms with Crippen molar-refractivity contribution in [1.82, 2.24) is 4.72 Å². The Morgan fingerprint density at radius 1 is 1.03 bits per heavy atom. The minimum Gasteiger partial charge on any atom is -0.495 e. The van der Waals surface area contributed by atoms with Crippen molar-refractivity contribution in [3.8, 4) is 5.75 Å². The molecule has 0 aliphatic rings. The third kappa shape index (κ3) is 6.88. The van der Waals surface area contributed by atoms with Crippen LogP contribution < -0.4 is 14.8 Å². The fraction of sp³-hybridized carbons (Fsp3) is 0.174. The highest BCUT2D eigenvalue weighted by molar-refractivity contribution is 7.89. The van der Waals surface area contributed by atoms with E-state index < -0.39 is 33.7 Å². The summed E-state index contributed by atoms with van der Waals surface area (Å²) in [4.78, 5) is 12.8. The summed E-state index contributed by atoms with van der Waals surface area (Å²) in [6, 6.07) is 13.4. The first-order valence-electron chi connectivity index (χ1n) is 9.98. The van der Waals surface area contributed by atoms with E-state index in [4.69, 9.17) is 27.9 Å². The second-order valence-electron chi connectivity index (χ2n) is 7.34. The van der Waals surface area contributed by atoms with Crippen LogP contribution in [-0.4, -0.2) is 27.5 Å². The van der Waals surface area contributed by atoms with E-state index in [-0.39, 0.29) is 32.8 Å². The van der Waals surface area contributed by atoms with Crippen molar-refractivity contribution >= 4 is 44.8 Å². The number of carbonyl (C=O) groups is 1. The van der Waals surface area contributed by atoms with E-state index in [0.29, 0.717) is 11.6 Å². The zero-order chi connectivity index (χ0) is 25.8. The summed E-state index contributed by atoms with van der Waals surface area (Å²) in [6.45, 7) is 0. The van der Waals surface area contributed by atoms with E-state index in [9.17, 15) is 26.4 Å². The molecule has 0 spiro atoms. The molecule has 0 bridgehead atoms. The van der Waals surface area contributed by atoms with Crippen molar-refractivity contribution < 1.29 is 31.1 Å². The van der Waals surface area contributed by atoms with Crippen molar-refractivity contribution in [3.05, 3.63) is 87.9 Å². The molecule has 35 heavy (non-hydrogen) atoms. The lowest BCUT2D eigenvalue weighted by Crippen LogP contribution is -2.45. The fourth-order valence-corrected chi connectivity index (χ4v) is 4.96. The molecule has 0 aliphatic carbocycles. The first kappa shape index (κ1) is 26.8. The molecule has 0 saturated heterocycles. The second-order valence-corrected chi connectivity index (χ2v) is 9.87. The Kier molecular flexibility index (Phi) is 8.32. The van der Waals surface area contributed by atoms with Crippen LogP contribution in [0.5, 0.6) is 5.75 Å². The van der Waals surface area contributed by atoms with Crippen LogP contribution in [0.3, 0.4) is 0 Å². The van der Waals surface area contributed by atoms with Crippen LogP contribution in [0.2, 0.25) is 10.0 Å². The van der Waals surface area contributed by atoms with Crippen LogP contribution >= 0.6 is 23.2 Å². The van der Waals surface area contributed by atoms with E-state index in [1.807, 2.05) is 0 Å². The van der Waals surface area contributed by atoms with Gasteiger partial charge in [0.2, 0.25) is 15.9 Å². The number of halogens is 5. The van der Waals surface area contributed by atoms with Gasteiger partial charge in [0, 0.05) is 5.02 Å². The number of amides is 1. The van der Waals surface area contributed by atoms with Crippen molar-refractivity contribution in [2.75, 3.05) is 12.4 Å². The lowest BCUT2D eigenvalue weighted by molar-refractivity contribution is -0.137. The van der Waals surface area contributed by atoms with Gasteiger partial charge in [-0.25, -0.2) is 8.42 Å². The highest BCUT2D eigenvalue weighted by Crippen LogP contribution is 2.34. The number of hydrogen-bond acceptors (Lipinski definition) is 4. The minimum atomic E-state index is -4.67. The zero-order valence-electron chi connectivity index (χ0n) is 18.1. The van der Waals surface area contributed by atoms with Gasteiger partial charge in [0.25, 0.3) is 0 Å². The van der Waals surface area contributed by atoms with E-state index in [1.165, 1.54) is 19.2 Å². The minimum absolute atomic E-state index is 0.0123. The molecule has 0 saturated carbocycles. The van der Waals surface area contributed by atoms with Gasteiger partial charge >= 0.3 is 6.18 Å². The summed E-state index contributed by atoms with van der Waals surface area (Å²) in [7, 11) is -3.09. The first-order valence-corrected chi connectivity index (χ1v) is 12.2. The number of ether oxygens (including phenoxy) is 1. The number of benzene rings is 3. The van der Waals surface area contributed by atoms with Crippen LogP contribution in [-0.2, 0) is 27.4 Å². The molecule has 0 heterocycles. The molecule has 0 aliphatic heterocycles. The third-order valence-electron chi connectivity index (χ3n) is 4.86. The van der Waals surface area contributed by atoms with E-state index in [2.05, 4.69) is 10.0 Å². The summed E-state index contributed by atoms with van der Waals surface area (Å²) in [5, 5.41) is 2.27. The molecule has 1 amide bonds. The van der Waals surface area contributed by atoms with Gasteiger partial charge in [-0.1, -0.05) is 53.5 Å². The summed E-state index contributed by atoms with van der Waals surface area (Å²) in [5.41, 5.74) is -0.742. The fourth-order valence-electron chi connectivity index (χ4n) is 3.17. The van der Waals surface area contributed by atoms with Crippen LogP contribution in [0.4, 0.5) is 18.9 Å². The molecule has 3 aromatic carbocycles. The quantitative estimate of drug-likeness (QED) is 0.388. The Labute approximate surface area is 210 Å². The number of sulfonamides is 1. The standard InChI is InChI=1S/C23H19Cl2F3N2O4S/c1-34-20-10-8-16(24)13-21(20)35(32,33)30-19(11-14-5-3-2-4-6-14)22(31)29-18-12-15(23(26,27)28)7-9-17(18)25/h2-10,12-13,19,30H,11H2,1H3,(H,29,31). The summed E-state index contributed by atoms with van der Waals surface area (Å²) < 4.78 is 73.1. The molecular formula is C23H19Cl2F3N2O4S. The third-order valence-corrected chi connectivity index (χ3v) is 6.92. The summed E-state index contributed by atoms with van der Waals surface area (Å²) in [6.07, 6.45) is -4.77. The number of alkyl halides is 3. The highest BCUT2D eigenvalue weighted by Gasteiger charge is 2.32. The molecule has 6 nitrogen and oxygen atoms in total. The van der Waals surface area contributed by atoms with E-state index in [1.54, 1.807) is 30.3 Å². The Hall–Kier alpha value is -2.79. The van der Waals surface area contributed by atoms with Crippen molar-refractivity contribution in [1.29, 1.82) is 0 Å². The van der Waals surface area contributed by atoms with Gasteiger partial charge in [-0.15, -0.1) is 0 Å². The molecule has 1 unspecified atom stereocenters. The van der Waals surface area contributed by atoms with Gasteiger partial charge in [0.05, 0.1) is 23.4 Å². The number of anilines is 1. The predicted octanol–water partition coefficient (Wildman–Crippen LogP) is 5.55. The Morgan fingerprint density at radius 2 is 1.71 bits per heavy atom. The average molecular weight is 547 g/mol. The second kappa shape index (κ2) is 10.9. The van der Waals surface area contributed by atoms with E-state index >= 15 is 0 Å². The maximum absolute atomic E-state index is 13.2. The topological polar surface area (TPSA) is 84.5 Å². The number of methoxy groups -OCH3 is 1. The Morgan fingerprint density at radius 3 is 2.34 bits per heavy atom. The number of rotatable bonds is 8. The van der Waals surface area contributed by atoms with Crippen LogP contribution in [0, 0.1) is 0 Å². The largest absolute Gasteiger partial charge is 0.495 e. The van der Waals surface area contributed by atoms with Crippen LogP contribution in [0.1, 0.15) is 11.1 Å². The lowest BCUT2D eigenvalue weighted by atomic mass is 10.1. The van der Waals surface area contributed by atoms with Crippen molar-refractivity contribution in [2.24, 2.45) is 0 Å². The first-order chi connectivity index (χ1) is 16.4. The van der Waals surface area contributed by atoms with Gasteiger partial charge < -0.3 is 10.1 Å². The number of hydrogen-bond donors (Lipinski definition) is 2. The van der Waals surface area contributed by atoms with Crippen molar-refractivity contribution in [3.63, 3.8) is 0 Å². The SMILES string of the molecule is COc1ccc(Cl)cc1S(=O)(=O)NC(Cc1ccccc1)C(=O)Nc1cc(C(F)(F)F)ccc1Cl. The van der Waals surface area contributed by atoms with E-state index in [0.717, 1.165) is 18.2 Å². The molecule has 0 aromatic heterocycles. The normalized spacial score (nSPS) is 12.7. The molecule has 0 fully saturated rings. The summed E-state index contributed by atoms with van der Waals surface area (Å²) in [5.74, 6) is -0.929. The predicted molar refractivity (Wildman–Crippen MR) is 127 cm³/mol. The van der Waals surface area contributed by atoms with Gasteiger partial charge in [-0.2, -0.15) is 17.9 Å². The van der Waals surface area contributed by atoms with Gasteiger partial charge in [0.15, 0.2) is 0 Å². The van der Waals surface area contributed by atoms with Gasteiger partial charge in [0.1, 0.15) is 16.7 Å². The molecule has 0 radical (unpaired) electrons.